The fourth-order valence-electron chi connectivity index (χ4n) is 3.86. The molecule has 3 rings (SSSR count). The summed E-state index contributed by atoms with van der Waals surface area (Å²) < 4.78 is 28.4. The van der Waals surface area contributed by atoms with Crippen LogP contribution in [0.25, 0.3) is 0 Å². The molecule has 3 atom stereocenters. The number of carbonyl (C=O) groups excluding carboxylic acids is 1. The maximum absolute atomic E-state index is 13.1. The Bertz CT molecular complexity index is 1060. The third kappa shape index (κ3) is 6.45. The highest BCUT2D eigenvalue weighted by atomic mass is 35.5. The number of carboxylic acid groups (broad SMARTS) is 1. The first-order valence-corrected chi connectivity index (χ1v) is 12.4. The molecule has 0 bridgehead atoms. The SMILES string of the molecule is O=C(N[C@@H]1CCCC[C@H]1C(=O)O)[C@H](Cc1ccccc1)NS(=O)(=O)c1cc(Cl)cc(Cl)c1. The van der Waals surface area contributed by atoms with Crippen LogP contribution in [0.15, 0.2) is 53.4 Å². The molecule has 1 saturated carbocycles. The Labute approximate surface area is 197 Å². The van der Waals surface area contributed by atoms with Gasteiger partial charge in [0.25, 0.3) is 0 Å². The van der Waals surface area contributed by atoms with E-state index in [9.17, 15) is 23.1 Å². The second kappa shape index (κ2) is 10.7. The summed E-state index contributed by atoms with van der Waals surface area (Å²) in [5.74, 6) is -2.25. The molecule has 7 nitrogen and oxygen atoms in total. The number of hydrogen-bond acceptors (Lipinski definition) is 4. The summed E-state index contributed by atoms with van der Waals surface area (Å²) in [6, 6.07) is 11.1. The van der Waals surface area contributed by atoms with Crippen molar-refractivity contribution in [1.82, 2.24) is 10.0 Å². The lowest BCUT2D eigenvalue weighted by Crippen LogP contribution is -2.53. The van der Waals surface area contributed by atoms with Gasteiger partial charge in [-0.3, -0.25) is 9.59 Å². The Morgan fingerprint density at radius 1 is 1.03 bits per heavy atom. The van der Waals surface area contributed by atoms with Gasteiger partial charge in [0.15, 0.2) is 0 Å². The Morgan fingerprint density at radius 3 is 2.28 bits per heavy atom. The molecule has 1 fully saturated rings. The largest absolute Gasteiger partial charge is 0.481 e. The van der Waals surface area contributed by atoms with Gasteiger partial charge in [-0.15, -0.1) is 0 Å². The third-order valence-corrected chi connectivity index (χ3v) is 7.34. The quantitative estimate of drug-likeness (QED) is 0.514. The first-order valence-electron chi connectivity index (χ1n) is 10.2. The van der Waals surface area contributed by atoms with E-state index in [1.807, 2.05) is 6.07 Å². The lowest BCUT2D eigenvalue weighted by atomic mass is 9.84. The minimum absolute atomic E-state index is 0.0880. The maximum atomic E-state index is 13.1. The van der Waals surface area contributed by atoms with Crippen molar-refractivity contribution in [1.29, 1.82) is 0 Å². The lowest BCUT2D eigenvalue weighted by Gasteiger charge is -2.31. The number of hydrogen-bond donors (Lipinski definition) is 3. The van der Waals surface area contributed by atoms with Gasteiger partial charge in [0.1, 0.15) is 6.04 Å². The molecule has 172 valence electrons. The van der Waals surface area contributed by atoms with Gasteiger partial charge >= 0.3 is 5.97 Å². The number of aliphatic carboxylic acids is 1. The monoisotopic (exact) mass is 498 g/mol. The van der Waals surface area contributed by atoms with Crippen molar-refractivity contribution >= 4 is 45.1 Å². The van der Waals surface area contributed by atoms with Gasteiger partial charge in [-0.25, -0.2) is 8.42 Å². The number of nitrogens with one attached hydrogen (secondary N) is 2. The molecular formula is C22H24Cl2N2O5S. The van der Waals surface area contributed by atoms with Gasteiger partial charge in [0.2, 0.25) is 15.9 Å². The molecule has 2 aromatic carbocycles. The van der Waals surface area contributed by atoms with Crippen LogP contribution in [0.3, 0.4) is 0 Å². The Morgan fingerprint density at radius 2 is 1.66 bits per heavy atom. The van der Waals surface area contributed by atoms with Crippen LogP contribution in [-0.4, -0.2) is 37.5 Å². The first-order chi connectivity index (χ1) is 15.2. The minimum atomic E-state index is -4.14. The van der Waals surface area contributed by atoms with E-state index >= 15 is 0 Å². The molecule has 2 aromatic rings. The number of amides is 1. The Hall–Kier alpha value is -2.13. The number of carboxylic acids is 1. The molecule has 0 heterocycles. The van der Waals surface area contributed by atoms with Crippen LogP contribution in [0.4, 0.5) is 0 Å². The molecule has 1 aliphatic rings. The number of benzene rings is 2. The molecule has 1 aliphatic carbocycles. The zero-order chi connectivity index (χ0) is 23.3. The zero-order valence-electron chi connectivity index (χ0n) is 17.1. The summed E-state index contributed by atoms with van der Waals surface area (Å²) in [4.78, 5) is 24.6. The van der Waals surface area contributed by atoms with Gasteiger partial charge in [-0.2, -0.15) is 4.72 Å². The van der Waals surface area contributed by atoms with Gasteiger partial charge in [0.05, 0.1) is 10.8 Å². The van der Waals surface area contributed by atoms with Crippen molar-refractivity contribution in [2.45, 2.75) is 49.1 Å². The highest BCUT2D eigenvalue weighted by molar-refractivity contribution is 7.89. The number of sulfonamides is 1. The number of carbonyl (C=O) groups is 2. The molecule has 32 heavy (non-hydrogen) atoms. The Kier molecular flexibility index (Phi) is 8.16. The standard InChI is InChI=1S/C22H24Cl2N2O5S/c23-15-11-16(24)13-17(12-15)32(30,31)26-20(10-14-6-2-1-3-7-14)21(27)25-19-9-5-4-8-18(19)22(28)29/h1-3,6-7,11-13,18-20,26H,4-5,8-10H2,(H,25,27)(H,28,29)/t18-,19-,20+/m1/s1. The number of halogens is 2. The van der Waals surface area contributed by atoms with Crippen LogP contribution < -0.4 is 10.0 Å². The molecule has 10 heteroatoms. The summed E-state index contributed by atoms with van der Waals surface area (Å²) in [6.07, 6.45) is 2.65. The topological polar surface area (TPSA) is 113 Å². The summed E-state index contributed by atoms with van der Waals surface area (Å²) in [6.45, 7) is 0. The molecular weight excluding hydrogens is 475 g/mol. The highest BCUT2D eigenvalue weighted by Crippen LogP contribution is 2.25. The van der Waals surface area contributed by atoms with Crippen molar-refractivity contribution in [3.8, 4) is 0 Å². The second-order valence-electron chi connectivity index (χ2n) is 7.81. The molecule has 0 aromatic heterocycles. The van der Waals surface area contributed by atoms with Crippen molar-refractivity contribution in [3.05, 3.63) is 64.1 Å². The number of rotatable bonds is 8. The van der Waals surface area contributed by atoms with Crippen molar-refractivity contribution in [2.75, 3.05) is 0 Å². The predicted molar refractivity (Wildman–Crippen MR) is 122 cm³/mol. The van der Waals surface area contributed by atoms with Gasteiger partial charge < -0.3 is 10.4 Å². The molecule has 0 unspecified atom stereocenters. The summed E-state index contributed by atoms with van der Waals surface area (Å²) in [5.41, 5.74) is 0.748. The van der Waals surface area contributed by atoms with E-state index in [4.69, 9.17) is 23.2 Å². The molecule has 0 aliphatic heterocycles. The molecule has 3 N–H and O–H groups in total. The molecule has 0 spiro atoms. The first kappa shape index (κ1) is 24.5. The van der Waals surface area contributed by atoms with E-state index in [-0.39, 0.29) is 21.4 Å². The summed E-state index contributed by atoms with van der Waals surface area (Å²) >= 11 is 11.9. The fourth-order valence-corrected chi connectivity index (χ4v) is 5.78. The van der Waals surface area contributed by atoms with Gasteiger partial charge in [-0.1, -0.05) is 66.4 Å². The van der Waals surface area contributed by atoms with Crippen molar-refractivity contribution in [3.63, 3.8) is 0 Å². The van der Waals surface area contributed by atoms with E-state index in [1.54, 1.807) is 24.3 Å². The van der Waals surface area contributed by atoms with Gasteiger partial charge in [-0.05, 0) is 43.0 Å². The van der Waals surface area contributed by atoms with Crippen LogP contribution in [0, 0.1) is 5.92 Å². The van der Waals surface area contributed by atoms with E-state index in [2.05, 4.69) is 10.0 Å². The van der Waals surface area contributed by atoms with E-state index in [0.29, 0.717) is 12.8 Å². The Balaban J connectivity index is 1.86. The smallest absolute Gasteiger partial charge is 0.308 e. The van der Waals surface area contributed by atoms with Crippen molar-refractivity contribution < 1.29 is 23.1 Å². The van der Waals surface area contributed by atoms with Crippen LogP contribution in [0.5, 0.6) is 0 Å². The predicted octanol–water partition coefficient (Wildman–Crippen LogP) is 3.64. The molecule has 0 saturated heterocycles. The zero-order valence-corrected chi connectivity index (χ0v) is 19.5. The summed E-state index contributed by atoms with van der Waals surface area (Å²) in [5, 5.41) is 12.6. The lowest BCUT2D eigenvalue weighted by molar-refractivity contribution is -0.144. The summed E-state index contributed by atoms with van der Waals surface area (Å²) in [7, 11) is -4.14. The van der Waals surface area contributed by atoms with Crippen LogP contribution >= 0.6 is 23.2 Å². The molecule has 0 radical (unpaired) electrons. The maximum Gasteiger partial charge on any atom is 0.308 e. The van der Waals surface area contributed by atoms with Crippen LogP contribution in [0.2, 0.25) is 10.0 Å². The van der Waals surface area contributed by atoms with E-state index < -0.39 is 39.9 Å². The van der Waals surface area contributed by atoms with E-state index in [1.165, 1.54) is 18.2 Å². The minimum Gasteiger partial charge on any atom is -0.481 e. The van der Waals surface area contributed by atoms with Crippen LogP contribution in [-0.2, 0) is 26.0 Å². The highest BCUT2D eigenvalue weighted by Gasteiger charge is 2.34. The fraction of sp³-hybridized carbons (Fsp3) is 0.364. The van der Waals surface area contributed by atoms with E-state index in [0.717, 1.165) is 18.4 Å². The van der Waals surface area contributed by atoms with Crippen molar-refractivity contribution in [2.24, 2.45) is 5.92 Å². The molecule has 1 amide bonds. The van der Waals surface area contributed by atoms with Crippen LogP contribution in [0.1, 0.15) is 31.2 Å². The second-order valence-corrected chi connectivity index (χ2v) is 10.4. The normalized spacial score (nSPS) is 19.8. The average Bonchev–Trinajstić information content (AvgIpc) is 2.73. The average molecular weight is 499 g/mol. The third-order valence-electron chi connectivity index (χ3n) is 5.45. The van der Waals surface area contributed by atoms with Gasteiger partial charge in [0, 0.05) is 16.1 Å².